The number of furan rings is 1. The molecule has 2 unspecified atom stereocenters. The first-order valence-corrected chi connectivity index (χ1v) is 10.7. The molecule has 3 aromatic heterocycles. The zero-order valence-electron chi connectivity index (χ0n) is 16.2. The molecule has 6 rings (SSSR count). The van der Waals surface area contributed by atoms with Crippen LogP contribution >= 0.6 is 11.3 Å². The molecular formula is C21H17N5O4S. The Morgan fingerprint density at radius 1 is 1.19 bits per heavy atom. The number of carbonyl (C=O) groups is 2. The minimum Gasteiger partial charge on any atom is -0.463 e. The number of nitrogens with zero attached hydrogens (tertiary/aromatic N) is 4. The number of pyridine rings is 1. The number of ether oxygens (including phenoxy) is 1. The largest absolute Gasteiger partial charge is 0.463 e. The van der Waals surface area contributed by atoms with Crippen molar-refractivity contribution in [3.05, 3.63) is 48.4 Å². The second-order valence-corrected chi connectivity index (χ2v) is 8.70. The van der Waals surface area contributed by atoms with Gasteiger partial charge in [-0.25, -0.2) is 9.78 Å². The van der Waals surface area contributed by atoms with Gasteiger partial charge < -0.3 is 24.7 Å². The van der Waals surface area contributed by atoms with E-state index in [4.69, 9.17) is 14.9 Å². The number of hydrogen-bond acceptors (Lipinski definition) is 7. The summed E-state index contributed by atoms with van der Waals surface area (Å²) >= 11 is 1.41. The number of aromatic nitrogens is 2. The maximum atomic E-state index is 13.1. The highest BCUT2D eigenvalue weighted by Crippen LogP contribution is 2.35. The fourth-order valence-corrected chi connectivity index (χ4v) is 5.27. The molecule has 2 aliphatic heterocycles. The van der Waals surface area contributed by atoms with Crippen molar-refractivity contribution in [3.8, 4) is 10.9 Å². The molecule has 0 saturated carbocycles. The number of urea groups is 1. The van der Waals surface area contributed by atoms with Gasteiger partial charge in [0.2, 0.25) is 0 Å². The van der Waals surface area contributed by atoms with Gasteiger partial charge in [-0.15, -0.1) is 0 Å². The molecule has 0 spiro atoms. The Balaban J connectivity index is 1.24. The maximum Gasteiger partial charge on any atom is 0.315 e. The van der Waals surface area contributed by atoms with Crippen molar-refractivity contribution < 1.29 is 18.7 Å². The minimum absolute atomic E-state index is 0.00656. The Bertz CT molecular complexity index is 1320. The van der Waals surface area contributed by atoms with Crippen molar-refractivity contribution in [3.63, 3.8) is 0 Å². The summed E-state index contributed by atoms with van der Waals surface area (Å²) in [6.07, 6.45) is 3.94. The highest BCUT2D eigenvalue weighted by Gasteiger charge is 2.47. The van der Waals surface area contributed by atoms with Crippen LogP contribution in [0.5, 0.6) is 10.9 Å². The standard InChI is InChI=1S/C21H17N5O4S/c22-20(28)26-9-11-6-12(26)8-25(11)19(27)15-10-29-16-7-13(3-4-14(15)16)30-21-24-18-17(31-21)2-1-5-23-18/h1-5,7,10-12H,6,8-9H2,(H2,22,28). The van der Waals surface area contributed by atoms with Crippen LogP contribution in [0.3, 0.4) is 0 Å². The molecule has 9 nitrogen and oxygen atoms in total. The second kappa shape index (κ2) is 6.67. The summed E-state index contributed by atoms with van der Waals surface area (Å²) in [4.78, 5) is 36.7. The van der Waals surface area contributed by atoms with Crippen LogP contribution < -0.4 is 10.5 Å². The smallest absolute Gasteiger partial charge is 0.315 e. The van der Waals surface area contributed by atoms with Crippen LogP contribution in [-0.2, 0) is 0 Å². The van der Waals surface area contributed by atoms with Gasteiger partial charge in [-0.2, -0.15) is 4.98 Å². The fourth-order valence-electron chi connectivity index (χ4n) is 4.47. The van der Waals surface area contributed by atoms with Gasteiger partial charge in [-0.05, 0) is 30.7 Å². The van der Waals surface area contributed by atoms with Crippen molar-refractivity contribution in [2.75, 3.05) is 13.1 Å². The highest BCUT2D eigenvalue weighted by molar-refractivity contribution is 7.20. The minimum atomic E-state index is -0.426. The molecular weight excluding hydrogens is 418 g/mol. The van der Waals surface area contributed by atoms with Gasteiger partial charge in [0.05, 0.1) is 22.3 Å². The van der Waals surface area contributed by atoms with Crippen LogP contribution in [0.15, 0.2) is 47.2 Å². The van der Waals surface area contributed by atoms with Crippen molar-refractivity contribution in [1.82, 2.24) is 19.8 Å². The Hall–Kier alpha value is -3.66. The van der Waals surface area contributed by atoms with Crippen LogP contribution in [0.1, 0.15) is 16.8 Å². The molecule has 2 fully saturated rings. The Morgan fingerprint density at radius 3 is 2.81 bits per heavy atom. The number of likely N-dealkylation sites (tertiary alicyclic amines) is 2. The summed E-state index contributed by atoms with van der Waals surface area (Å²) in [5.74, 6) is 0.471. The maximum absolute atomic E-state index is 13.1. The molecule has 0 radical (unpaired) electrons. The molecule has 2 atom stereocenters. The third-order valence-corrected chi connectivity index (χ3v) is 6.80. The summed E-state index contributed by atoms with van der Waals surface area (Å²) in [7, 11) is 0. The number of carbonyl (C=O) groups excluding carboxylic acids is 2. The van der Waals surface area contributed by atoms with Gasteiger partial charge >= 0.3 is 6.03 Å². The third-order valence-electron chi connectivity index (χ3n) is 5.91. The zero-order chi connectivity index (χ0) is 21.1. The average molecular weight is 435 g/mol. The molecule has 10 heteroatoms. The molecule has 0 aliphatic carbocycles. The first-order valence-electron chi connectivity index (χ1n) is 9.84. The summed E-state index contributed by atoms with van der Waals surface area (Å²) < 4.78 is 12.5. The lowest BCUT2D eigenvalue weighted by molar-refractivity contribution is 0.0656. The molecule has 2 bridgehead atoms. The number of hydrogen-bond donors (Lipinski definition) is 1. The topological polar surface area (TPSA) is 115 Å². The summed E-state index contributed by atoms with van der Waals surface area (Å²) in [5.41, 5.74) is 7.12. The number of piperazine rings is 1. The molecule has 2 N–H and O–H groups in total. The van der Waals surface area contributed by atoms with Crippen LogP contribution in [0, 0.1) is 0 Å². The first-order chi connectivity index (χ1) is 15.1. The van der Waals surface area contributed by atoms with E-state index in [9.17, 15) is 9.59 Å². The van der Waals surface area contributed by atoms with E-state index in [0.717, 1.165) is 16.5 Å². The van der Waals surface area contributed by atoms with Crippen LogP contribution in [0.25, 0.3) is 21.3 Å². The number of thiazole rings is 1. The van der Waals surface area contributed by atoms with Gasteiger partial charge in [0.15, 0.2) is 5.65 Å². The predicted octanol–water partition coefficient (Wildman–Crippen LogP) is 3.21. The molecule has 5 heterocycles. The normalized spacial score (nSPS) is 20.1. The van der Waals surface area contributed by atoms with E-state index in [1.807, 2.05) is 23.1 Å². The van der Waals surface area contributed by atoms with E-state index >= 15 is 0 Å². The Kier molecular flexibility index (Phi) is 3.90. The number of primary amides is 1. The summed E-state index contributed by atoms with van der Waals surface area (Å²) in [5, 5.41) is 1.21. The number of benzene rings is 1. The van der Waals surface area contributed by atoms with Gasteiger partial charge in [0.1, 0.15) is 17.6 Å². The Morgan fingerprint density at radius 2 is 2.03 bits per heavy atom. The predicted molar refractivity (Wildman–Crippen MR) is 113 cm³/mol. The van der Waals surface area contributed by atoms with E-state index in [0.29, 0.717) is 40.8 Å². The molecule has 156 valence electrons. The monoisotopic (exact) mass is 435 g/mol. The fraction of sp³-hybridized carbons (Fsp3) is 0.238. The van der Waals surface area contributed by atoms with E-state index < -0.39 is 6.03 Å². The molecule has 4 aromatic rings. The van der Waals surface area contributed by atoms with Crippen LogP contribution in [0.2, 0.25) is 0 Å². The SMILES string of the molecule is NC(=O)N1CC2CC1CN2C(=O)c1coc2cc(Oc3nc4ncccc4s3)ccc12. The lowest BCUT2D eigenvalue weighted by Crippen LogP contribution is -2.52. The van der Waals surface area contributed by atoms with Gasteiger partial charge in [-0.3, -0.25) is 4.79 Å². The summed E-state index contributed by atoms with van der Waals surface area (Å²) in [6, 6.07) is 8.71. The van der Waals surface area contributed by atoms with E-state index in [-0.39, 0.29) is 18.0 Å². The van der Waals surface area contributed by atoms with Crippen molar-refractivity contribution in [2.24, 2.45) is 5.73 Å². The number of nitrogens with two attached hydrogens (primary N) is 1. The third kappa shape index (κ3) is 2.90. The lowest BCUT2D eigenvalue weighted by Gasteiger charge is -2.33. The van der Waals surface area contributed by atoms with E-state index in [1.54, 1.807) is 23.2 Å². The first kappa shape index (κ1) is 18.1. The highest BCUT2D eigenvalue weighted by atomic mass is 32.1. The van der Waals surface area contributed by atoms with Crippen LogP contribution in [0.4, 0.5) is 4.79 Å². The Labute approximate surface area is 180 Å². The number of amides is 3. The zero-order valence-corrected chi connectivity index (χ0v) is 17.0. The van der Waals surface area contributed by atoms with Crippen LogP contribution in [-0.4, -0.2) is 56.9 Å². The molecule has 31 heavy (non-hydrogen) atoms. The number of rotatable bonds is 3. The van der Waals surface area contributed by atoms with Gasteiger partial charge in [0.25, 0.3) is 11.1 Å². The van der Waals surface area contributed by atoms with Crippen molar-refractivity contribution >= 4 is 44.6 Å². The van der Waals surface area contributed by atoms with Crippen molar-refractivity contribution in [1.29, 1.82) is 0 Å². The van der Waals surface area contributed by atoms with Gasteiger partial charge in [-0.1, -0.05) is 11.3 Å². The second-order valence-electron chi connectivity index (χ2n) is 7.71. The molecule has 2 aliphatic rings. The number of fused-ring (bicyclic) bond motifs is 4. The molecule has 2 saturated heterocycles. The lowest BCUT2D eigenvalue weighted by atomic mass is 10.1. The average Bonchev–Trinajstić information content (AvgIpc) is 3.53. The van der Waals surface area contributed by atoms with E-state index in [1.165, 1.54) is 17.6 Å². The van der Waals surface area contributed by atoms with Gasteiger partial charge in [0, 0.05) is 30.7 Å². The molecule has 3 amide bonds. The van der Waals surface area contributed by atoms with E-state index in [2.05, 4.69) is 9.97 Å². The summed E-state index contributed by atoms with van der Waals surface area (Å²) in [6.45, 7) is 0.975. The van der Waals surface area contributed by atoms with Crippen molar-refractivity contribution in [2.45, 2.75) is 18.5 Å². The molecule has 1 aromatic carbocycles. The quantitative estimate of drug-likeness (QED) is 0.528.